The van der Waals surface area contributed by atoms with Gasteiger partial charge in [0.05, 0.1) is 6.61 Å². The highest BCUT2D eigenvalue weighted by atomic mass is 19.3. The molecule has 0 saturated heterocycles. The number of methoxy groups -OCH3 is 1. The zero-order valence-corrected chi connectivity index (χ0v) is 11.8. The minimum Gasteiger partial charge on any atom is -0.383 e. The molecule has 0 amide bonds. The lowest BCUT2D eigenvalue weighted by Gasteiger charge is -2.31. The highest BCUT2D eigenvalue weighted by Crippen LogP contribution is 2.34. The molecule has 0 spiro atoms. The van der Waals surface area contributed by atoms with Crippen LogP contribution in [-0.2, 0) is 4.74 Å². The zero-order valence-electron chi connectivity index (χ0n) is 11.8. The Morgan fingerprint density at radius 3 is 2.60 bits per heavy atom. The van der Waals surface area contributed by atoms with Crippen LogP contribution in [0.15, 0.2) is 24.3 Å². The molecule has 0 radical (unpaired) electrons. The number of ether oxygens (including phenoxy) is 1. The number of benzene rings is 1. The van der Waals surface area contributed by atoms with Gasteiger partial charge in [0.25, 0.3) is 6.43 Å². The van der Waals surface area contributed by atoms with Crippen molar-refractivity contribution in [2.75, 3.05) is 26.8 Å². The maximum Gasteiger partial charge on any atom is 0.263 e. The fourth-order valence-corrected chi connectivity index (χ4v) is 2.56. The molecule has 1 aromatic rings. The summed E-state index contributed by atoms with van der Waals surface area (Å²) in [7, 11) is 1.67. The van der Waals surface area contributed by atoms with Crippen molar-refractivity contribution in [3.63, 3.8) is 0 Å². The van der Waals surface area contributed by atoms with Gasteiger partial charge in [0.2, 0.25) is 0 Å². The maximum absolute atomic E-state index is 12.8. The molecule has 0 heterocycles. The van der Waals surface area contributed by atoms with Crippen LogP contribution in [0.5, 0.6) is 0 Å². The van der Waals surface area contributed by atoms with Crippen LogP contribution in [0.2, 0.25) is 0 Å². The van der Waals surface area contributed by atoms with E-state index in [2.05, 4.69) is 4.90 Å². The van der Waals surface area contributed by atoms with E-state index in [4.69, 9.17) is 10.5 Å². The number of nitrogens with two attached hydrogens (primary N) is 1. The topological polar surface area (TPSA) is 38.5 Å². The zero-order chi connectivity index (χ0) is 14.5. The summed E-state index contributed by atoms with van der Waals surface area (Å²) in [5.74, 6) is 0. The highest BCUT2D eigenvalue weighted by molar-refractivity contribution is 5.27. The molecular formula is C15H22F2N2O. The minimum atomic E-state index is -2.44. The van der Waals surface area contributed by atoms with Crippen LogP contribution in [0, 0.1) is 0 Å². The molecule has 1 atom stereocenters. The van der Waals surface area contributed by atoms with Crippen LogP contribution in [0.3, 0.4) is 0 Å². The lowest BCUT2D eigenvalue weighted by atomic mass is 10.0. The Labute approximate surface area is 118 Å². The molecule has 3 nitrogen and oxygen atoms in total. The van der Waals surface area contributed by atoms with Gasteiger partial charge >= 0.3 is 0 Å². The van der Waals surface area contributed by atoms with E-state index in [-0.39, 0.29) is 11.6 Å². The fraction of sp³-hybridized carbons (Fsp3) is 0.600. The van der Waals surface area contributed by atoms with Crippen LogP contribution in [-0.4, -0.2) is 37.7 Å². The Kier molecular flexibility index (Phi) is 5.46. The summed E-state index contributed by atoms with van der Waals surface area (Å²) in [6, 6.07) is 7.08. The van der Waals surface area contributed by atoms with E-state index in [0.29, 0.717) is 19.2 Å². The lowest BCUT2D eigenvalue weighted by Crippen LogP contribution is -2.37. The van der Waals surface area contributed by atoms with Gasteiger partial charge in [-0.2, -0.15) is 0 Å². The second-order valence-electron chi connectivity index (χ2n) is 5.18. The van der Waals surface area contributed by atoms with Gasteiger partial charge < -0.3 is 10.5 Å². The molecule has 0 bridgehead atoms. The lowest BCUT2D eigenvalue weighted by molar-refractivity contribution is 0.115. The van der Waals surface area contributed by atoms with Crippen molar-refractivity contribution in [3.8, 4) is 0 Å². The molecule has 1 aliphatic rings. The molecule has 0 aromatic heterocycles. The average molecular weight is 284 g/mol. The van der Waals surface area contributed by atoms with Gasteiger partial charge in [0, 0.05) is 37.8 Å². The summed E-state index contributed by atoms with van der Waals surface area (Å²) in [5, 5.41) is 0. The van der Waals surface area contributed by atoms with Crippen molar-refractivity contribution >= 4 is 0 Å². The Bertz CT molecular complexity index is 424. The van der Waals surface area contributed by atoms with Gasteiger partial charge in [-0.05, 0) is 24.5 Å². The van der Waals surface area contributed by atoms with E-state index < -0.39 is 6.43 Å². The molecule has 1 unspecified atom stereocenters. The quantitative estimate of drug-likeness (QED) is 0.797. The fourth-order valence-electron chi connectivity index (χ4n) is 2.56. The third-order valence-corrected chi connectivity index (χ3v) is 3.74. The third-order valence-electron chi connectivity index (χ3n) is 3.74. The molecule has 2 N–H and O–H groups in total. The summed E-state index contributed by atoms with van der Waals surface area (Å²) in [4.78, 5) is 2.29. The SMILES string of the molecule is COCCN(C1CC1)C(CN)c1cccc(C(F)F)c1. The van der Waals surface area contributed by atoms with E-state index in [1.165, 1.54) is 6.07 Å². The standard InChI is InChI=1S/C15H22F2N2O/c1-20-8-7-19(13-5-6-13)14(10-18)11-3-2-4-12(9-11)15(16)17/h2-4,9,13-15H,5-8,10,18H2,1H3. The van der Waals surface area contributed by atoms with Crippen molar-refractivity contribution in [2.45, 2.75) is 31.4 Å². The Morgan fingerprint density at radius 2 is 2.05 bits per heavy atom. The van der Waals surface area contributed by atoms with E-state index in [9.17, 15) is 8.78 Å². The van der Waals surface area contributed by atoms with Gasteiger partial charge in [-0.25, -0.2) is 8.78 Å². The minimum absolute atomic E-state index is 0.0173. The van der Waals surface area contributed by atoms with E-state index in [1.807, 2.05) is 6.07 Å². The van der Waals surface area contributed by atoms with Crippen molar-refractivity contribution in [1.82, 2.24) is 4.90 Å². The van der Waals surface area contributed by atoms with Crippen LogP contribution in [0.25, 0.3) is 0 Å². The molecule has 1 aromatic carbocycles. The van der Waals surface area contributed by atoms with E-state index in [1.54, 1.807) is 19.2 Å². The normalized spacial score (nSPS) is 16.9. The Morgan fingerprint density at radius 1 is 1.35 bits per heavy atom. The van der Waals surface area contributed by atoms with Crippen molar-refractivity contribution in [2.24, 2.45) is 5.73 Å². The van der Waals surface area contributed by atoms with Crippen LogP contribution in [0.1, 0.15) is 36.4 Å². The molecule has 0 aliphatic heterocycles. The predicted molar refractivity (Wildman–Crippen MR) is 74.8 cm³/mol. The van der Waals surface area contributed by atoms with Crippen LogP contribution >= 0.6 is 0 Å². The number of rotatable bonds is 8. The molecular weight excluding hydrogens is 262 g/mol. The summed E-state index contributed by atoms with van der Waals surface area (Å²) in [6.07, 6.45) is -0.148. The Hall–Kier alpha value is -1.04. The van der Waals surface area contributed by atoms with Gasteiger partial charge in [-0.1, -0.05) is 18.2 Å². The van der Waals surface area contributed by atoms with E-state index in [0.717, 1.165) is 24.9 Å². The van der Waals surface area contributed by atoms with Gasteiger partial charge in [0.15, 0.2) is 0 Å². The van der Waals surface area contributed by atoms with Crippen molar-refractivity contribution < 1.29 is 13.5 Å². The second kappa shape index (κ2) is 7.11. The number of alkyl halides is 2. The summed E-state index contributed by atoms with van der Waals surface area (Å²) in [5.41, 5.74) is 6.83. The van der Waals surface area contributed by atoms with Crippen molar-refractivity contribution in [1.29, 1.82) is 0 Å². The third kappa shape index (κ3) is 3.75. The molecule has 5 heteroatoms. The number of nitrogens with zero attached hydrogens (tertiary/aromatic N) is 1. The largest absolute Gasteiger partial charge is 0.383 e. The highest BCUT2D eigenvalue weighted by Gasteiger charge is 2.33. The number of hydrogen-bond donors (Lipinski definition) is 1. The number of halogens is 2. The van der Waals surface area contributed by atoms with Crippen molar-refractivity contribution in [3.05, 3.63) is 35.4 Å². The molecule has 1 aliphatic carbocycles. The first-order valence-corrected chi connectivity index (χ1v) is 7.00. The maximum atomic E-state index is 12.8. The van der Waals surface area contributed by atoms with Gasteiger partial charge in [-0.3, -0.25) is 4.90 Å². The monoisotopic (exact) mass is 284 g/mol. The van der Waals surface area contributed by atoms with Crippen LogP contribution in [0.4, 0.5) is 8.78 Å². The summed E-state index contributed by atoms with van der Waals surface area (Å²) >= 11 is 0. The summed E-state index contributed by atoms with van der Waals surface area (Å²) in [6.45, 7) is 1.83. The molecule has 20 heavy (non-hydrogen) atoms. The van der Waals surface area contributed by atoms with E-state index >= 15 is 0 Å². The first kappa shape index (κ1) is 15.4. The number of hydrogen-bond acceptors (Lipinski definition) is 3. The Balaban J connectivity index is 2.18. The first-order chi connectivity index (χ1) is 9.67. The predicted octanol–water partition coefficient (Wildman–Crippen LogP) is 2.73. The molecule has 1 fully saturated rings. The molecule has 1 saturated carbocycles. The van der Waals surface area contributed by atoms with Crippen LogP contribution < -0.4 is 5.73 Å². The smallest absolute Gasteiger partial charge is 0.263 e. The van der Waals surface area contributed by atoms with Gasteiger partial charge in [0.1, 0.15) is 0 Å². The van der Waals surface area contributed by atoms with Gasteiger partial charge in [-0.15, -0.1) is 0 Å². The summed E-state index contributed by atoms with van der Waals surface area (Å²) < 4.78 is 30.8. The second-order valence-corrected chi connectivity index (χ2v) is 5.18. The first-order valence-electron chi connectivity index (χ1n) is 7.00. The average Bonchev–Trinajstić information content (AvgIpc) is 3.28. The molecule has 112 valence electrons. The molecule has 2 rings (SSSR count).